The monoisotopic (exact) mass is 209 g/mol. The van der Waals surface area contributed by atoms with Crippen molar-refractivity contribution in [3.63, 3.8) is 0 Å². The van der Waals surface area contributed by atoms with E-state index in [1.54, 1.807) is 12.1 Å². The Hall–Kier alpha value is -0.110. The summed E-state index contributed by atoms with van der Waals surface area (Å²) in [6, 6.07) is 5.62. The van der Waals surface area contributed by atoms with Crippen LogP contribution in [0.4, 0.5) is 5.69 Å². The Morgan fingerprint density at radius 3 is 2.45 bits per heavy atom. The van der Waals surface area contributed by atoms with Crippen molar-refractivity contribution in [1.29, 1.82) is 0 Å². The lowest BCUT2D eigenvalue weighted by molar-refractivity contribution is 1.45. The number of hydrogen-bond donors (Lipinski definition) is 1. The Bertz CT molecular complexity index is 249. The zero-order valence-corrected chi connectivity index (χ0v) is 7.84. The summed E-state index contributed by atoms with van der Waals surface area (Å²) in [6.45, 7) is 0. The Kier molecular flexibility index (Phi) is 3.31. The molecular formula is C7H6Cl3N. The molecule has 0 fully saturated rings. The Morgan fingerprint density at radius 2 is 1.91 bits per heavy atom. The van der Waals surface area contributed by atoms with Crippen molar-refractivity contribution in [2.45, 2.75) is 0 Å². The number of nitrogens with one attached hydrogen (secondary N) is 1. The first-order valence-corrected chi connectivity index (χ1v) is 4.28. The molecular weight excluding hydrogens is 204 g/mol. The van der Waals surface area contributed by atoms with E-state index in [-0.39, 0.29) is 0 Å². The summed E-state index contributed by atoms with van der Waals surface area (Å²) in [4.78, 5) is 0. The molecule has 0 aliphatic rings. The summed E-state index contributed by atoms with van der Waals surface area (Å²) in [5, 5.41) is 3.98. The van der Waals surface area contributed by atoms with Gasteiger partial charge in [0.15, 0.2) is 0 Å². The summed E-state index contributed by atoms with van der Waals surface area (Å²) in [6.07, 6.45) is 0. The molecule has 11 heavy (non-hydrogen) atoms. The maximum atomic E-state index is 5.73. The Balaban J connectivity index is 2.86. The predicted octanol–water partition coefficient (Wildman–Crippen LogP) is 3.60. The second-order valence-electron chi connectivity index (χ2n) is 1.94. The van der Waals surface area contributed by atoms with Crippen molar-refractivity contribution in [2.24, 2.45) is 0 Å². The minimum Gasteiger partial charge on any atom is -0.372 e. The highest BCUT2D eigenvalue weighted by molar-refractivity contribution is 6.42. The van der Waals surface area contributed by atoms with Crippen molar-refractivity contribution < 1.29 is 0 Å². The van der Waals surface area contributed by atoms with E-state index >= 15 is 0 Å². The van der Waals surface area contributed by atoms with Gasteiger partial charge in [-0.15, -0.1) is 11.6 Å². The molecule has 0 unspecified atom stereocenters. The van der Waals surface area contributed by atoms with Crippen molar-refractivity contribution in [2.75, 3.05) is 11.3 Å². The fourth-order valence-corrected chi connectivity index (χ4v) is 1.14. The molecule has 0 radical (unpaired) electrons. The molecule has 0 spiro atoms. The molecule has 0 bridgehead atoms. The van der Waals surface area contributed by atoms with Gasteiger partial charge in [-0.2, -0.15) is 0 Å². The normalized spacial score (nSPS) is 9.73. The van der Waals surface area contributed by atoms with E-state index < -0.39 is 0 Å². The van der Waals surface area contributed by atoms with E-state index in [1.807, 2.05) is 6.07 Å². The molecule has 1 rings (SSSR count). The summed E-state index contributed by atoms with van der Waals surface area (Å²) >= 11 is 16.9. The van der Waals surface area contributed by atoms with Crippen molar-refractivity contribution in [3.05, 3.63) is 28.2 Å². The number of halogens is 3. The number of hydrogen-bond acceptors (Lipinski definition) is 1. The number of rotatable bonds is 2. The summed E-state index contributed by atoms with van der Waals surface area (Å²) in [5.74, 6) is 0. The van der Waals surface area contributed by atoms with Gasteiger partial charge in [0.25, 0.3) is 0 Å². The molecule has 0 aromatic heterocycles. The van der Waals surface area contributed by atoms with Crippen LogP contribution in [0.2, 0.25) is 10.0 Å². The highest BCUT2D eigenvalue weighted by Gasteiger charge is 1.97. The molecule has 1 N–H and O–H groups in total. The maximum Gasteiger partial charge on any atom is 0.0901 e. The molecule has 1 aromatic carbocycles. The van der Waals surface area contributed by atoms with Crippen LogP contribution in [-0.4, -0.2) is 6.00 Å². The molecule has 1 nitrogen and oxygen atoms in total. The maximum absolute atomic E-state index is 5.73. The standard InChI is InChI=1S/C7H6Cl3N/c8-4-11-5-1-2-6(9)7(10)3-5/h1-3,11H,4H2. The van der Waals surface area contributed by atoms with Gasteiger partial charge in [-0.05, 0) is 18.2 Å². The summed E-state index contributed by atoms with van der Waals surface area (Å²) in [7, 11) is 0. The van der Waals surface area contributed by atoms with Crippen molar-refractivity contribution in [1.82, 2.24) is 0 Å². The van der Waals surface area contributed by atoms with Crippen LogP contribution >= 0.6 is 34.8 Å². The largest absolute Gasteiger partial charge is 0.372 e. The molecule has 0 saturated heterocycles. The van der Waals surface area contributed by atoms with Crippen molar-refractivity contribution >= 4 is 40.5 Å². The van der Waals surface area contributed by atoms with Gasteiger partial charge in [0.1, 0.15) is 0 Å². The number of alkyl halides is 1. The van der Waals surface area contributed by atoms with Crippen LogP contribution < -0.4 is 5.32 Å². The zero-order valence-electron chi connectivity index (χ0n) is 5.57. The third-order valence-corrected chi connectivity index (χ3v) is 2.06. The lowest BCUT2D eigenvalue weighted by Crippen LogP contribution is -1.93. The molecule has 0 atom stereocenters. The molecule has 4 heteroatoms. The van der Waals surface area contributed by atoms with Gasteiger partial charge in [0, 0.05) is 5.69 Å². The van der Waals surface area contributed by atoms with E-state index in [1.165, 1.54) is 0 Å². The van der Waals surface area contributed by atoms with E-state index in [4.69, 9.17) is 34.8 Å². The van der Waals surface area contributed by atoms with E-state index in [2.05, 4.69) is 5.32 Å². The molecule has 1 aromatic rings. The Labute approximate surface area is 80.3 Å². The zero-order chi connectivity index (χ0) is 8.27. The van der Waals surface area contributed by atoms with Crippen LogP contribution in [0.5, 0.6) is 0 Å². The molecule has 0 aliphatic heterocycles. The second-order valence-corrected chi connectivity index (χ2v) is 3.02. The average Bonchev–Trinajstić information content (AvgIpc) is 1.98. The van der Waals surface area contributed by atoms with Gasteiger partial charge < -0.3 is 5.32 Å². The van der Waals surface area contributed by atoms with Crippen LogP contribution in [0.1, 0.15) is 0 Å². The lowest BCUT2D eigenvalue weighted by Gasteiger charge is -2.02. The number of anilines is 1. The van der Waals surface area contributed by atoms with E-state index in [0.717, 1.165) is 5.69 Å². The lowest BCUT2D eigenvalue weighted by atomic mass is 10.3. The first-order valence-electron chi connectivity index (χ1n) is 2.99. The van der Waals surface area contributed by atoms with Gasteiger partial charge >= 0.3 is 0 Å². The van der Waals surface area contributed by atoms with Crippen molar-refractivity contribution in [3.8, 4) is 0 Å². The molecule has 0 aliphatic carbocycles. The highest BCUT2D eigenvalue weighted by Crippen LogP contribution is 2.24. The van der Waals surface area contributed by atoms with Crippen LogP contribution in [-0.2, 0) is 0 Å². The SMILES string of the molecule is ClCNc1ccc(Cl)c(Cl)c1. The summed E-state index contributed by atoms with van der Waals surface area (Å²) in [5.41, 5.74) is 0.870. The van der Waals surface area contributed by atoms with Crippen LogP contribution in [0.3, 0.4) is 0 Å². The molecule has 0 amide bonds. The van der Waals surface area contributed by atoms with Crippen LogP contribution in [0, 0.1) is 0 Å². The van der Waals surface area contributed by atoms with E-state index in [0.29, 0.717) is 16.0 Å². The van der Waals surface area contributed by atoms with Gasteiger partial charge in [0.05, 0.1) is 16.0 Å². The quantitative estimate of drug-likeness (QED) is 0.581. The fraction of sp³-hybridized carbons (Fsp3) is 0.143. The minimum absolute atomic E-state index is 0.359. The average molecular weight is 210 g/mol. The smallest absolute Gasteiger partial charge is 0.0901 e. The third kappa shape index (κ3) is 2.44. The van der Waals surface area contributed by atoms with E-state index in [9.17, 15) is 0 Å². The minimum atomic E-state index is 0.359. The molecule has 60 valence electrons. The third-order valence-electron chi connectivity index (χ3n) is 1.19. The predicted molar refractivity (Wildman–Crippen MR) is 50.8 cm³/mol. The highest BCUT2D eigenvalue weighted by atomic mass is 35.5. The van der Waals surface area contributed by atoms with Crippen LogP contribution in [0.25, 0.3) is 0 Å². The first-order chi connectivity index (χ1) is 5.24. The van der Waals surface area contributed by atoms with Gasteiger partial charge in [-0.25, -0.2) is 0 Å². The molecule has 0 saturated carbocycles. The van der Waals surface area contributed by atoms with Gasteiger partial charge in [-0.3, -0.25) is 0 Å². The van der Waals surface area contributed by atoms with Gasteiger partial charge in [-0.1, -0.05) is 23.2 Å². The van der Waals surface area contributed by atoms with Gasteiger partial charge in [0.2, 0.25) is 0 Å². The fourth-order valence-electron chi connectivity index (χ4n) is 0.683. The second kappa shape index (κ2) is 4.05. The topological polar surface area (TPSA) is 12.0 Å². The summed E-state index contributed by atoms with van der Waals surface area (Å²) < 4.78 is 0. The first kappa shape index (κ1) is 8.98. The number of benzene rings is 1. The molecule has 0 heterocycles. The van der Waals surface area contributed by atoms with Crippen LogP contribution in [0.15, 0.2) is 18.2 Å². The Morgan fingerprint density at radius 1 is 1.18 bits per heavy atom.